The highest BCUT2D eigenvalue weighted by molar-refractivity contribution is 7.80. The van der Waals surface area contributed by atoms with Crippen molar-refractivity contribution in [3.05, 3.63) is 31.2 Å². The summed E-state index contributed by atoms with van der Waals surface area (Å²) >= 11 is 20.7. The Balaban J connectivity index is 3.50. The molecule has 7 heteroatoms. The summed E-state index contributed by atoms with van der Waals surface area (Å²) in [6, 6.07) is 1.15. The van der Waals surface area contributed by atoms with Gasteiger partial charge in [0.1, 0.15) is 5.02 Å². The zero-order chi connectivity index (χ0) is 10.2. The van der Waals surface area contributed by atoms with Gasteiger partial charge in [-0.3, -0.25) is 10.1 Å². The second kappa shape index (κ2) is 3.92. The van der Waals surface area contributed by atoms with Crippen molar-refractivity contribution >= 4 is 53.1 Å². The van der Waals surface area contributed by atoms with Gasteiger partial charge < -0.3 is 0 Å². The van der Waals surface area contributed by atoms with Crippen molar-refractivity contribution in [2.24, 2.45) is 0 Å². The number of benzene rings is 1. The van der Waals surface area contributed by atoms with Gasteiger partial charge >= 0.3 is 0 Å². The maximum Gasteiger partial charge on any atom is 0.290 e. The summed E-state index contributed by atoms with van der Waals surface area (Å²) in [5.41, 5.74) is -0.305. The highest BCUT2D eigenvalue weighted by atomic mass is 35.5. The van der Waals surface area contributed by atoms with Crippen LogP contribution in [0.25, 0.3) is 0 Å². The van der Waals surface area contributed by atoms with Gasteiger partial charge in [-0.1, -0.05) is 34.8 Å². The minimum absolute atomic E-state index is 0.0532. The third-order valence-corrected chi connectivity index (χ3v) is 3.14. The van der Waals surface area contributed by atoms with Crippen LogP contribution in [-0.2, 0) is 0 Å². The second-order valence-corrected chi connectivity index (χ2v) is 3.73. The zero-order valence-corrected chi connectivity index (χ0v) is 9.08. The number of halogens is 3. The van der Waals surface area contributed by atoms with E-state index in [1.54, 1.807) is 0 Å². The molecule has 0 fully saturated rings. The van der Waals surface area contributed by atoms with Crippen LogP contribution in [0.1, 0.15) is 0 Å². The van der Waals surface area contributed by atoms with Gasteiger partial charge in [-0.2, -0.15) is 0 Å². The average molecular weight is 259 g/mol. The molecule has 1 aromatic carbocycles. The van der Waals surface area contributed by atoms with Crippen LogP contribution in [0.2, 0.25) is 15.1 Å². The van der Waals surface area contributed by atoms with Crippen molar-refractivity contribution in [3.8, 4) is 0 Å². The van der Waals surface area contributed by atoms with Crippen molar-refractivity contribution < 1.29 is 4.92 Å². The molecule has 13 heavy (non-hydrogen) atoms. The first kappa shape index (κ1) is 10.9. The van der Waals surface area contributed by atoms with Crippen LogP contribution in [0, 0.1) is 10.1 Å². The molecule has 0 bridgehead atoms. The Kier molecular flexibility index (Phi) is 3.29. The predicted molar refractivity (Wildman–Crippen MR) is 55.4 cm³/mol. The Hall–Kier alpha value is -0.160. The standard InChI is InChI=1S/C6H2Cl3NO2S/c7-4-2(10(11)12)1-3(13)5(8)6(4)9/h1,13H. The number of hydrogen-bond donors (Lipinski definition) is 1. The first-order chi connectivity index (χ1) is 5.95. The van der Waals surface area contributed by atoms with Gasteiger partial charge in [0.15, 0.2) is 0 Å². The minimum Gasteiger partial charge on any atom is -0.258 e. The molecular formula is C6H2Cl3NO2S. The van der Waals surface area contributed by atoms with Crippen LogP contribution >= 0.6 is 47.4 Å². The minimum atomic E-state index is -0.649. The molecule has 70 valence electrons. The van der Waals surface area contributed by atoms with Crippen molar-refractivity contribution in [1.29, 1.82) is 0 Å². The largest absolute Gasteiger partial charge is 0.290 e. The molecule has 1 aromatic rings. The molecule has 0 N–H and O–H groups in total. The van der Waals surface area contributed by atoms with Crippen LogP contribution in [-0.4, -0.2) is 4.92 Å². The normalized spacial score (nSPS) is 10.2. The highest BCUT2D eigenvalue weighted by Crippen LogP contribution is 2.40. The second-order valence-electron chi connectivity index (χ2n) is 2.11. The van der Waals surface area contributed by atoms with Gasteiger partial charge in [0.05, 0.1) is 15.0 Å². The molecule has 3 nitrogen and oxygen atoms in total. The number of nitrogens with zero attached hydrogens (tertiary/aromatic N) is 1. The topological polar surface area (TPSA) is 43.1 Å². The Morgan fingerprint density at radius 3 is 2.23 bits per heavy atom. The van der Waals surface area contributed by atoms with Crippen molar-refractivity contribution in [1.82, 2.24) is 0 Å². The smallest absolute Gasteiger partial charge is 0.258 e. The molecule has 0 aliphatic carbocycles. The number of rotatable bonds is 1. The highest BCUT2D eigenvalue weighted by Gasteiger charge is 2.19. The summed E-state index contributed by atoms with van der Waals surface area (Å²) in [6.45, 7) is 0. The molecular weight excluding hydrogens is 256 g/mol. The van der Waals surface area contributed by atoms with Gasteiger partial charge in [-0.25, -0.2) is 0 Å². The fraction of sp³-hybridized carbons (Fsp3) is 0. The van der Waals surface area contributed by atoms with Crippen LogP contribution in [0.5, 0.6) is 0 Å². The van der Waals surface area contributed by atoms with E-state index in [0.717, 1.165) is 6.07 Å². The van der Waals surface area contributed by atoms with Crippen molar-refractivity contribution in [3.63, 3.8) is 0 Å². The molecule has 0 unspecified atom stereocenters. The molecule has 0 aliphatic heterocycles. The Bertz CT molecular complexity index is 383. The van der Waals surface area contributed by atoms with Gasteiger partial charge in [0.25, 0.3) is 5.69 Å². The van der Waals surface area contributed by atoms with Crippen molar-refractivity contribution in [2.45, 2.75) is 4.90 Å². The van der Waals surface area contributed by atoms with E-state index in [-0.39, 0.29) is 25.7 Å². The van der Waals surface area contributed by atoms with Crippen molar-refractivity contribution in [2.75, 3.05) is 0 Å². The molecule has 0 spiro atoms. The van der Waals surface area contributed by atoms with E-state index in [2.05, 4.69) is 12.6 Å². The summed E-state index contributed by atoms with van der Waals surface area (Å²) in [5, 5.41) is 10.3. The first-order valence-corrected chi connectivity index (χ1v) is 4.54. The molecule has 0 atom stereocenters. The lowest BCUT2D eigenvalue weighted by Gasteiger charge is -2.02. The van der Waals surface area contributed by atoms with Gasteiger partial charge in [-0.15, -0.1) is 12.6 Å². The molecule has 0 heterocycles. The van der Waals surface area contributed by atoms with Gasteiger partial charge in [-0.05, 0) is 0 Å². The fourth-order valence-corrected chi connectivity index (χ4v) is 1.62. The van der Waals surface area contributed by atoms with Gasteiger partial charge in [0.2, 0.25) is 0 Å². The van der Waals surface area contributed by atoms with Crippen LogP contribution in [0.4, 0.5) is 5.69 Å². The van der Waals surface area contributed by atoms with E-state index in [0.29, 0.717) is 0 Å². The molecule has 0 aliphatic rings. The SMILES string of the molecule is O=[N+]([O-])c1cc(S)c(Cl)c(Cl)c1Cl. The Morgan fingerprint density at radius 2 is 1.77 bits per heavy atom. The first-order valence-electron chi connectivity index (χ1n) is 2.96. The number of nitro groups is 1. The van der Waals surface area contributed by atoms with E-state index < -0.39 is 4.92 Å². The van der Waals surface area contributed by atoms with E-state index in [4.69, 9.17) is 34.8 Å². The van der Waals surface area contributed by atoms with E-state index in [9.17, 15) is 10.1 Å². The van der Waals surface area contributed by atoms with E-state index >= 15 is 0 Å². The van der Waals surface area contributed by atoms with E-state index in [1.165, 1.54) is 0 Å². The quantitative estimate of drug-likeness (QED) is 0.360. The summed E-state index contributed by atoms with van der Waals surface area (Å²) < 4.78 is 0. The maximum absolute atomic E-state index is 10.4. The van der Waals surface area contributed by atoms with Crippen LogP contribution < -0.4 is 0 Å². The monoisotopic (exact) mass is 257 g/mol. The predicted octanol–water partition coefficient (Wildman–Crippen LogP) is 3.84. The molecule has 0 aromatic heterocycles. The summed E-state index contributed by atoms with van der Waals surface area (Å²) in [6.07, 6.45) is 0. The van der Waals surface area contributed by atoms with Crippen LogP contribution in [0.15, 0.2) is 11.0 Å². The number of thiol groups is 1. The summed E-state index contributed by atoms with van der Waals surface area (Å²) in [4.78, 5) is 10.00. The number of hydrogen-bond acceptors (Lipinski definition) is 3. The Labute approximate surface area is 94.1 Å². The molecule has 0 amide bonds. The zero-order valence-electron chi connectivity index (χ0n) is 5.92. The third kappa shape index (κ3) is 2.02. The van der Waals surface area contributed by atoms with Gasteiger partial charge in [0, 0.05) is 11.0 Å². The lowest BCUT2D eigenvalue weighted by Crippen LogP contribution is -1.90. The average Bonchev–Trinajstić information content (AvgIpc) is 2.07. The molecule has 1 rings (SSSR count). The lowest BCUT2D eigenvalue weighted by molar-refractivity contribution is -0.384. The third-order valence-electron chi connectivity index (χ3n) is 1.31. The number of nitro benzene ring substituents is 1. The maximum atomic E-state index is 10.4. The molecule has 0 saturated carbocycles. The molecule has 0 radical (unpaired) electrons. The molecule has 0 saturated heterocycles. The summed E-state index contributed by atoms with van der Waals surface area (Å²) in [7, 11) is 0. The van der Waals surface area contributed by atoms with Crippen LogP contribution in [0.3, 0.4) is 0 Å². The fourth-order valence-electron chi connectivity index (χ4n) is 0.710. The van der Waals surface area contributed by atoms with E-state index in [1.807, 2.05) is 0 Å². The summed E-state index contributed by atoms with van der Waals surface area (Å²) in [5.74, 6) is 0. The lowest BCUT2D eigenvalue weighted by atomic mass is 10.3. The Morgan fingerprint density at radius 1 is 1.23 bits per heavy atom.